The first kappa shape index (κ1) is 13.0. The van der Waals surface area contributed by atoms with Crippen molar-refractivity contribution in [3.05, 3.63) is 11.9 Å². The van der Waals surface area contributed by atoms with Crippen molar-refractivity contribution in [1.82, 2.24) is 25.6 Å². The fourth-order valence-corrected chi connectivity index (χ4v) is 2.35. The number of nitrogens with zero attached hydrogens (tertiary/aromatic N) is 3. The number of hydrogen-bond acceptors (Lipinski definition) is 4. The van der Waals surface area contributed by atoms with Gasteiger partial charge in [0.15, 0.2) is 0 Å². The maximum atomic E-state index is 11.8. The van der Waals surface area contributed by atoms with Crippen LogP contribution in [0.25, 0.3) is 0 Å². The molecular weight excluding hydrogens is 230 g/mol. The van der Waals surface area contributed by atoms with Crippen LogP contribution in [0.3, 0.4) is 0 Å². The largest absolute Gasteiger partial charge is 0.352 e. The van der Waals surface area contributed by atoms with E-state index < -0.39 is 0 Å². The van der Waals surface area contributed by atoms with Crippen molar-refractivity contribution in [2.75, 3.05) is 7.05 Å². The molecule has 0 aliphatic heterocycles. The SMILES string of the molecule is CNCc1cn(CC(=O)NC2CCCCC2)nn1. The Labute approximate surface area is 107 Å². The molecule has 0 radical (unpaired) electrons. The van der Waals surface area contributed by atoms with Crippen LogP contribution in [0.2, 0.25) is 0 Å². The lowest BCUT2D eigenvalue weighted by atomic mass is 9.95. The van der Waals surface area contributed by atoms with Gasteiger partial charge in [0.05, 0.1) is 11.9 Å². The van der Waals surface area contributed by atoms with Gasteiger partial charge in [-0.05, 0) is 19.9 Å². The van der Waals surface area contributed by atoms with Crippen molar-refractivity contribution in [2.24, 2.45) is 0 Å². The summed E-state index contributed by atoms with van der Waals surface area (Å²) >= 11 is 0. The smallest absolute Gasteiger partial charge is 0.242 e. The van der Waals surface area contributed by atoms with Gasteiger partial charge in [-0.15, -0.1) is 5.10 Å². The lowest BCUT2D eigenvalue weighted by molar-refractivity contribution is -0.122. The average molecular weight is 251 g/mol. The molecular formula is C12H21N5O. The molecule has 6 heteroatoms. The van der Waals surface area contributed by atoms with E-state index in [1.54, 1.807) is 10.9 Å². The van der Waals surface area contributed by atoms with Crippen LogP contribution in [0.5, 0.6) is 0 Å². The van der Waals surface area contributed by atoms with E-state index in [1.165, 1.54) is 19.3 Å². The Hall–Kier alpha value is -1.43. The fraction of sp³-hybridized carbons (Fsp3) is 0.750. The molecule has 0 unspecified atom stereocenters. The molecule has 0 atom stereocenters. The summed E-state index contributed by atoms with van der Waals surface area (Å²) in [6.45, 7) is 0.928. The number of carbonyl (C=O) groups is 1. The Bertz CT molecular complexity index is 384. The van der Waals surface area contributed by atoms with Crippen LogP contribution < -0.4 is 10.6 Å². The van der Waals surface area contributed by atoms with Crippen LogP contribution in [0.15, 0.2) is 6.20 Å². The molecule has 6 nitrogen and oxygen atoms in total. The van der Waals surface area contributed by atoms with Gasteiger partial charge in [0, 0.05) is 12.6 Å². The van der Waals surface area contributed by atoms with Crippen LogP contribution >= 0.6 is 0 Å². The summed E-state index contributed by atoms with van der Waals surface area (Å²) in [5, 5.41) is 14.0. The number of carbonyl (C=O) groups excluding carboxylic acids is 1. The maximum absolute atomic E-state index is 11.8. The second kappa shape index (κ2) is 6.49. The molecule has 1 saturated carbocycles. The Balaban J connectivity index is 1.78. The van der Waals surface area contributed by atoms with Gasteiger partial charge in [-0.25, -0.2) is 4.68 Å². The number of aromatic nitrogens is 3. The third kappa shape index (κ3) is 3.80. The molecule has 2 N–H and O–H groups in total. The highest BCUT2D eigenvalue weighted by Gasteiger charge is 2.16. The molecule has 0 aromatic carbocycles. The van der Waals surface area contributed by atoms with Gasteiger partial charge in [0.2, 0.25) is 5.91 Å². The van der Waals surface area contributed by atoms with E-state index in [9.17, 15) is 4.79 Å². The molecule has 0 spiro atoms. The topological polar surface area (TPSA) is 71.8 Å². The number of hydrogen-bond donors (Lipinski definition) is 2. The summed E-state index contributed by atoms with van der Waals surface area (Å²) in [4.78, 5) is 11.8. The number of rotatable bonds is 5. The molecule has 0 bridgehead atoms. The van der Waals surface area contributed by atoms with Crippen molar-refractivity contribution >= 4 is 5.91 Å². The molecule has 1 aliphatic rings. The van der Waals surface area contributed by atoms with Crippen LogP contribution in [0, 0.1) is 0 Å². The highest BCUT2D eigenvalue weighted by Crippen LogP contribution is 2.17. The predicted molar refractivity (Wildman–Crippen MR) is 67.8 cm³/mol. The summed E-state index contributed by atoms with van der Waals surface area (Å²) in [6, 6.07) is 0.353. The van der Waals surface area contributed by atoms with E-state index in [0.717, 1.165) is 18.5 Å². The quantitative estimate of drug-likeness (QED) is 0.797. The molecule has 2 rings (SSSR count). The minimum atomic E-state index is 0.0304. The van der Waals surface area contributed by atoms with E-state index in [4.69, 9.17) is 0 Å². The maximum Gasteiger partial charge on any atom is 0.242 e. The normalized spacial score (nSPS) is 16.7. The number of amides is 1. The summed E-state index contributed by atoms with van der Waals surface area (Å²) in [5.41, 5.74) is 0.850. The van der Waals surface area contributed by atoms with Gasteiger partial charge in [0.1, 0.15) is 6.54 Å². The van der Waals surface area contributed by atoms with Crippen LogP contribution in [0.4, 0.5) is 0 Å². The fourth-order valence-electron chi connectivity index (χ4n) is 2.35. The molecule has 1 aromatic heterocycles. The minimum absolute atomic E-state index is 0.0304. The molecule has 1 heterocycles. The summed E-state index contributed by atoms with van der Waals surface area (Å²) in [6.07, 6.45) is 7.75. The highest BCUT2D eigenvalue weighted by atomic mass is 16.2. The van der Waals surface area contributed by atoms with E-state index in [0.29, 0.717) is 12.6 Å². The van der Waals surface area contributed by atoms with Crippen LogP contribution in [-0.2, 0) is 17.9 Å². The van der Waals surface area contributed by atoms with Gasteiger partial charge < -0.3 is 10.6 Å². The lowest BCUT2D eigenvalue weighted by Gasteiger charge is -2.22. The minimum Gasteiger partial charge on any atom is -0.352 e. The van der Waals surface area contributed by atoms with E-state index in [-0.39, 0.29) is 12.5 Å². The molecule has 1 amide bonds. The molecule has 1 aliphatic carbocycles. The Morgan fingerprint density at radius 1 is 1.44 bits per heavy atom. The standard InChI is InChI=1S/C12H21N5O/c1-13-7-11-8-17(16-15-11)9-12(18)14-10-5-3-2-4-6-10/h8,10,13H,2-7,9H2,1H3,(H,14,18). The van der Waals surface area contributed by atoms with Gasteiger partial charge in [0.25, 0.3) is 0 Å². The Morgan fingerprint density at radius 3 is 2.94 bits per heavy atom. The zero-order valence-electron chi connectivity index (χ0n) is 10.9. The first-order chi connectivity index (χ1) is 8.78. The average Bonchev–Trinajstić information content (AvgIpc) is 2.78. The van der Waals surface area contributed by atoms with Crippen molar-refractivity contribution < 1.29 is 4.79 Å². The molecule has 100 valence electrons. The zero-order valence-corrected chi connectivity index (χ0v) is 10.9. The highest BCUT2D eigenvalue weighted by molar-refractivity contribution is 5.75. The first-order valence-corrected chi connectivity index (χ1v) is 6.61. The molecule has 1 aromatic rings. The summed E-state index contributed by atoms with van der Waals surface area (Å²) in [5.74, 6) is 0.0304. The van der Waals surface area contributed by atoms with Crippen LogP contribution in [-0.4, -0.2) is 34.0 Å². The van der Waals surface area contributed by atoms with Crippen molar-refractivity contribution in [2.45, 2.75) is 51.2 Å². The molecule has 0 saturated heterocycles. The van der Waals surface area contributed by atoms with E-state index >= 15 is 0 Å². The van der Waals surface area contributed by atoms with Crippen LogP contribution in [0.1, 0.15) is 37.8 Å². The lowest BCUT2D eigenvalue weighted by Crippen LogP contribution is -2.38. The van der Waals surface area contributed by atoms with Gasteiger partial charge in [-0.3, -0.25) is 4.79 Å². The molecule has 1 fully saturated rings. The van der Waals surface area contributed by atoms with Crippen molar-refractivity contribution in [3.8, 4) is 0 Å². The third-order valence-corrected chi connectivity index (χ3v) is 3.22. The summed E-state index contributed by atoms with van der Waals surface area (Å²) < 4.78 is 1.59. The van der Waals surface area contributed by atoms with Crippen molar-refractivity contribution in [1.29, 1.82) is 0 Å². The van der Waals surface area contributed by atoms with Gasteiger partial charge in [-0.2, -0.15) is 0 Å². The second-order valence-electron chi connectivity index (χ2n) is 4.84. The predicted octanol–water partition coefficient (Wildman–Crippen LogP) is 0.446. The first-order valence-electron chi connectivity index (χ1n) is 6.61. The van der Waals surface area contributed by atoms with E-state index in [2.05, 4.69) is 20.9 Å². The molecule has 18 heavy (non-hydrogen) atoms. The Morgan fingerprint density at radius 2 is 2.22 bits per heavy atom. The second-order valence-corrected chi connectivity index (χ2v) is 4.84. The Kier molecular flexibility index (Phi) is 4.69. The van der Waals surface area contributed by atoms with Gasteiger partial charge in [-0.1, -0.05) is 24.5 Å². The van der Waals surface area contributed by atoms with Gasteiger partial charge >= 0.3 is 0 Å². The van der Waals surface area contributed by atoms with Crippen molar-refractivity contribution in [3.63, 3.8) is 0 Å². The summed E-state index contributed by atoms with van der Waals surface area (Å²) in [7, 11) is 1.86. The third-order valence-electron chi connectivity index (χ3n) is 3.22. The zero-order chi connectivity index (χ0) is 12.8. The number of nitrogens with one attached hydrogen (secondary N) is 2. The monoisotopic (exact) mass is 251 g/mol. The van der Waals surface area contributed by atoms with E-state index in [1.807, 2.05) is 7.05 Å².